The third-order valence-corrected chi connectivity index (χ3v) is 4.33. The Morgan fingerprint density at radius 1 is 1.29 bits per heavy atom. The van der Waals surface area contributed by atoms with Crippen molar-refractivity contribution in [1.82, 2.24) is 5.32 Å². The molecule has 2 aromatic rings. The van der Waals surface area contributed by atoms with E-state index in [2.05, 4.69) is 12.2 Å². The Bertz CT molecular complexity index is 559. The molecule has 0 aliphatic carbocycles. The quantitative estimate of drug-likeness (QED) is 0.803. The molecule has 21 heavy (non-hydrogen) atoms. The van der Waals surface area contributed by atoms with Crippen molar-refractivity contribution >= 4 is 11.3 Å². The van der Waals surface area contributed by atoms with Crippen LogP contribution in [0, 0.1) is 11.6 Å². The van der Waals surface area contributed by atoms with Crippen molar-refractivity contribution in [3.63, 3.8) is 0 Å². The Kier molecular flexibility index (Phi) is 5.85. The zero-order valence-corrected chi connectivity index (χ0v) is 12.7. The van der Waals surface area contributed by atoms with E-state index in [0.717, 1.165) is 25.0 Å². The van der Waals surface area contributed by atoms with Crippen LogP contribution >= 0.6 is 11.3 Å². The Balaban J connectivity index is 2.00. The summed E-state index contributed by atoms with van der Waals surface area (Å²) >= 11 is 1.66. The molecule has 2 rings (SSSR count). The predicted molar refractivity (Wildman–Crippen MR) is 81.3 cm³/mol. The molecule has 0 radical (unpaired) electrons. The van der Waals surface area contributed by atoms with Crippen LogP contribution in [-0.4, -0.2) is 11.7 Å². The molecule has 2 unspecified atom stereocenters. The zero-order chi connectivity index (χ0) is 15.2. The zero-order valence-electron chi connectivity index (χ0n) is 11.9. The van der Waals surface area contributed by atoms with Gasteiger partial charge in [-0.3, -0.25) is 0 Å². The van der Waals surface area contributed by atoms with Crippen LogP contribution in [0.25, 0.3) is 0 Å². The highest BCUT2D eigenvalue weighted by atomic mass is 32.1. The van der Waals surface area contributed by atoms with Gasteiger partial charge in [-0.15, -0.1) is 11.3 Å². The smallest absolute Gasteiger partial charge is 0.131 e. The predicted octanol–water partition coefficient (Wildman–Crippen LogP) is 4.19. The largest absolute Gasteiger partial charge is 0.387 e. The van der Waals surface area contributed by atoms with Crippen LogP contribution in [0.5, 0.6) is 0 Å². The van der Waals surface area contributed by atoms with Gasteiger partial charge in [0.05, 0.1) is 6.10 Å². The van der Waals surface area contributed by atoms with Gasteiger partial charge in [-0.1, -0.05) is 25.5 Å². The van der Waals surface area contributed by atoms with Gasteiger partial charge in [0, 0.05) is 29.1 Å². The lowest BCUT2D eigenvalue weighted by atomic mass is 10.1. The number of hydrogen-bond acceptors (Lipinski definition) is 3. The maximum atomic E-state index is 13.6. The molecule has 2 N–H and O–H groups in total. The summed E-state index contributed by atoms with van der Waals surface area (Å²) in [4.78, 5) is 1.20. The molecule has 0 spiro atoms. The highest BCUT2D eigenvalue weighted by molar-refractivity contribution is 7.10. The molecule has 0 aliphatic rings. The molecule has 0 aliphatic heterocycles. The summed E-state index contributed by atoms with van der Waals surface area (Å²) in [5.74, 6) is -1.36. The second-order valence-corrected chi connectivity index (χ2v) is 5.93. The minimum absolute atomic E-state index is 0.116. The van der Waals surface area contributed by atoms with Gasteiger partial charge in [-0.05, 0) is 23.9 Å². The highest BCUT2D eigenvalue weighted by Crippen LogP contribution is 2.24. The molecule has 1 aromatic carbocycles. The molecule has 5 heteroatoms. The number of nitrogens with one attached hydrogen (secondary N) is 1. The van der Waals surface area contributed by atoms with Crippen molar-refractivity contribution < 1.29 is 13.9 Å². The normalized spacial score (nSPS) is 14.1. The standard InChI is InChI=1S/C16H19F2NOS/c1-2-4-14(16-5-3-8-21-16)19-10-15(20)12-7-6-11(17)9-13(12)18/h3,5-9,14-15,19-20H,2,4,10H2,1H3. The fourth-order valence-electron chi connectivity index (χ4n) is 2.26. The van der Waals surface area contributed by atoms with E-state index in [1.54, 1.807) is 11.3 Å². The maximum Gasteiger partial charge on any atom is 0.131 e. The molecule has 2 atom stereocenters. The van der Waals surface area contributed by atoms with Gasteiger partial charge in [0.15, 0.2) is 0 Å². The number of halogens is 2. The SMILES string of the molecule is CCCC(NCC(O)c1ccc(F)cc1F)c1cccs1. The first-order chi connectivity index (χ1) is 10.1. The van der Waals surface area contributed by atoms with Crippen molar-refractivity contribution in [3.05, 3.63) is 57.8 Å². The number of benzene rings is 1. The Morgan fingerprint density at radius 3 is 2.71 bits per heavy atom. The topological polar surface area (TPSA) is 32.3 Å². The van der Waals surface area contributed by atoms with Gasteiger partial charge in [0.2, 0.25) is 0 Å². The summed E-state index contributed by atoms with van der Waals surface area (Å²) in [7, 11) is 0. The first-order valence-corrected chi connectivity index (χ1v) is 7.89. The Hall–Kier alpha value is -1.30. The van der Waals surface area contributed by atoms with Gasteiger partial charge in [-0.2, -0.15) is 0 Å². The van der Waals surface area contributed by atoms with Gasteiger partial charge in [-0.25, -0.2) is 8.78 Å². The molecular weight excluding hydrogens is 292 g/mol. The van der Waals surface area contributed by atoms with E-state index in [1.807, 2.05) is 17.5 Å². The average Bonchev–Trinajstić information content (AvgIpc) is 2.97. The Labute approximate surface area is 127 Å². The molecule has 0 amide bonds. The maximum absolute atomic E-state index is 13.6. The lowest BCUT2D eigenvalue weighted by molar-refractivity contribution is 0.164. The molecule has 2 nitrogen and oxygen atoms in total. The van der Waals surface area contributed by atoms with Crippen molar-refractivity contribution in [2.75, 3.05) is 6.54 Å². The van der Waals surface area contributed by atoms with Crippen molar-refractivity contribution in [3.8, 4) is 0 Å². The third kappa shape index (κ3) is 4.33. The van der Waals surface area contributed by atoms with E-state index in [4.69, 9.17) is 0 Å². The Morgan fingerprint density at radius 2 is 2.10 bits per heavy atom. The first kappa shape index (κ1) is 16.1. The van der Waals surface area contributed by atoms with Crippen LogP contribution < -0.4 is 5.32 Å². The molecule has 1 heterocycles. The number of aliphatic hydroxyl groups excluding tert-OH is 1. The minimum atomic E-state index is -0.995. The van der Waals surface area contributed by atoms with Crippen LogP contribution in [0.3, 0.4) is 0 Å². The van der Waals surface area contributed by atoms with E-state index in [-0.39, 0.29) is 18.2 Å². The second-order valence-electron chi connectivity index (χ2n) is 4.95. The van der Waals surface area contributed by atoms with E-state index >= 15 is 0 Å². The van der Waals surface area contributed by atoms with Gasteiger partial charge < -0.3 is 10.4 Å². The van der Waals surface area contributed by atoms with E-state index in [1.165, 1.54) is 10.9 Å². The summed E-state index contributed by atoms with van der Waals surface area (Å²) in [6, 6.07) is 7.42. The van der Waals surface area contributed by atoms with E-state index < -0.39 is 17.7 Å². The van der Waals surface area contributed by atoms with E-state index in [9.17, 15) is 13.9 Å². The van der Waals surface area contributed by atoms with Crippen molar-refractivity contribution in [2.45, 2.75) is 31.9 Å². The summed E-state index contributed by atoms with van der Waals surface area (Å²) in [6.45, 7) is 2.32. The monoisotopic (exact) mass is 311 g/mol. The first-order valence-electron chi connectivity index (χ1n) is 7.01. The number of thiophene rings is 1. The van der Waals surface area contributed by atoms with Gasteiger partial charge in [0.1, 0.15) is 11.6 Å². The van der Waals surface area contributed by atoms with Crippen LogP contribution in [-0.2, 0) is 0 Å². The lowest BCUT2D eigenvalue weighted by Gasteiger charge is -2.20. The van der Waals surface area contributed by atoms with Crippen LogP contribution in [0.1, 0.15) is 42.4 Å². The molecule has 0 bridgehead atoms. The lowest BCUT2D eigenvalue weighted by Crippen LogP contribution is -2.26. The number of aliphatic hydroxyl groups is 1. The second kappa shape index (κ2) is 7.64. The summed E-state index contributed by atoms with van der Waals surface area (Å²) in [6.07, 6.45) is 0.959. The third-order valence-electron chi connectivity index (χ3n) is 3.34. The van der Waals surface area contributed by atoms with Gasteiger partial charge in [0.25, 0.3) is 0 Å². The molecule has 0 saturated heterocycles. The fourth-order valence-corrected chi connectivity index (χ4v) is 3.10. The minimum Gasteiger partial charge on any atom is -0.387 e. The summed E-state index contributed by atoms with van der Waals surface area (Å²) < 4.78 is 26.5. The molecule has 114 valence electrons. The van der Waals surface area contributed by atoms with Crippen LogP contribution in [0.2, 0.25) is 0 Å². The van der Waals surface area contributed by atoms with Crippen molar-refractivity contribution in [2.24, 2.45) is 0 Å². The summed E-state index contributed by atoms with van der Waals surface area (Å²) in [5.41, 5.74) is 0.116. The molecule has 0 saturated carbocycles. The van der Waals surface area contributed by atoms with E-state index in [0.29, 0.717) is 0 Å². The average molecular weight is 311 g/mol. The molecular formula is C16H19F2NOS. The van der Waals surface area contributed by atoms with Crippen LogP contribution in [0.4, 0.5) is 8.78 Å². The van der Waals surface area contributed by atoms with Crippen molar-refractivity contribution in [1.29, 1.82) is 0 Å². The number of hydrogen-bond donors (Lipinski definition) is 2. The molecule has 0 fully saturated rings. The molecule has 1 aromatic heterocycles. The number of rotatable bonds is 7. The summed E-state index contributed by atoms with van der Waals surface area (Å²) in [5, 5.41) is 15.4. The highest BCUT2D eigenvalue weighted by Gasteiger charge is 2.17. The fraction of sp³-hybridized carbons (Fsp3) is 0.375. The van der Waals surface area contributed by atoms with Gasteiger partial charge >= 0.3 is 0 Å². The van der Waals surface area contributed by atoms with Crippen LogP contribution in [0.15, 0.2) is 35.7 Å².